The lowest BCUT2D eigenvalue weighted by molar-refractivity contribution is -0.126. The number of carbonyl (C=O) groups is 2. The summed E-state index contributed by atoms with van der Waals surface area (Å²) >= 11 is 2.17. The Balaban J connectivity index is 1.83. The molecule has 8 heteroatoms. The van der Waals surface area contributed by atoms with Crippen LogP contribution in [0.1, 0.15) is 5.56 Å². The molecule has 0 bridgehead atoms. The molecule has 1 fully saturated rings. The van der Waals surface area contributed by atoms with Gasteiger partial charge in [-0.2, -0.15) is 0 Å². The van der Waals surface area contributed by atoms with Gasteiger partial charge in [-0.25, -0.2) is 4.79 Å². The lowest BCUT2D eigenvalue weighted by Gasteiger charge is -2.39. The molecule has 0 unspecified atom stereocenters. The number of likely N-dealkylation sites (tertiary alicyclic amines) is 1. The van der Waals surface area contributed by atoms with Crippen molar-refractivity contribution in [2.75, 3.05) is 25.1 Å². The number of carboxylic acid groups (broad SMARTS) is 1. The van der Waals surface area contributed by atoms with E-state index in [0.29, 0.717) is 6.54 Å². The molecule has 1 aliphatic rings. The van der Waals surface area contributed by atoms with Crippen LogP contribution in [0.5, 0.6) is 5.75 Å². The summed E-state index contributed by atoms with van der Waals surface area (Å²) < 4.78 is 6.08. The Morgan fingerprint density at radius 1 is 1.31 bits per heavy atom. The maximum Gasteiger partial charge on any atom is 0.407 e. The van der Waals surface area contributed by atoms with Gasteiger partial charge in [0.2, 0.25) is 5.91 Å². The number of aromatic nitrogens is 1. The highest BCUT2D eigenvalue weighted by molar-refractivity contribution is 14.1. The van der Waals surface area contributed by atoms with Crippen LogP contribution in [0, 0.1) is 9.49 Å². The van der Waals surface area contributed by atoms with Gasteiger partial charge in [0.25, 0.3) is 0 Å². The maximum atomic E-state index is 13.0. The highest BCUT2D eigenvalue weighted by atomic mass is 127. The number of hydrogen-bond donors (Lipinski definition) is 1. The van der Waals surface area contributed by atoms with Crippen LogP contribution in [0.4, 0.5) is 10.5 Å². The van der Waals surface area contributed by atoms with Gasteiger partial charge in [-0.05, 0) is 46.4 Å². The molecule has 0 atom stereocenters. The fraction of sp³-hybridized carbons (Fsp3) is 0.278. The summed E-state index contributed by atoms with van der Waals surface area (Å²) in [5.41, 5.74) is 1.68. The predicted molar refractivity (Wildman–Crippen MR) is 104 cm³/mol. The van der Waals surface area contributed by atoms with Crippen LogP contribution in [0.3, 0.4) is 0 Å². The summed E-state index contributed by atoms with van der Waals surface area (Å²) in [4.78, 5) is 31.1. The van der Waals surface area contributed by atoms with E-state index in [1.54, 1.807) is 24.4 Å². The summed E-state index contributed by atoms with van der Waals surface area (Å²) in [5, 5.41) is 9.00. The van der Waals surface area contributed by atoms with E-state index in [-0.39, 0.29) is 24.9 Å². The topological polar surface area (TPSA) is 83.0 Å². The van der Waals surface area contributed by atoms with Gasteiger partial charge in [-0.15, -0.1) is 0 Å². The first-order chi connectivity index (χ1) is 12.5. The van der Waals surface area contributed by atoms with E-state index in [9.17, 15) is 9.59 Å². The van der Waals surface area contributed by atoms with Crippen molar-refractivity contribution in [1.82, 2.24) is 9.88 Å². The number of nitrogens with zero attached hydrogens (tertiary/aromatic N) is 3. The van der Waals surface area contributed by atoms with Crippen LogP contribution in [0.2, 0.25) is 0 Å². The molecule has 0 radical (unpaired) electrons. The Kier molecular flexibility index (Phi) is 5.60. The molecule has 1 aliphatic heterocycles. The van der Waals surface area contributed by atoms with E-state index in [4.69, 9.17) is 9.84 Å². The standard InChI is InChI=1S/C18H18IN3O4/c1-26-14-4-2-12(3-5-14)9-22(16-8-20-7-6-15(16)19)17(23)13-10-21(11-13)18(24)25/h2-8,13H,9-11H2,1H3,(H,24,25). The Hall–Kier alpha value is -2.36. The van der Waals surface area contributed by atoms with E-state index in [0.717, 1.165) is 20.6 Å². The van der Waals surface area contributed by atoms with Crippen LogP contribution in [-0.4, -0.2) is 47.2 Å². The van der Waals surface area contributed by atoms with Crippen LogP contribution in [0.25, 0.3) is 0 Å². The Morgan fingerprint density at radius 3 is 2.58 bits per heavy atom. The molecule has 2 heterocycles. The molecule has 1 saturated heterocycles. The third kappa shape index (κ3) is 3.90. The fourth-order valence-electron chi connectivity index (χ4n) is 2.77. The lowest BCUT2D eigenvalue weighted by atomic mass is 9.98. The number of amides is 2. The van der Waals surface area contributed by atoms with Crippen LogP contribution in [-0.2, 0) is 11.3 Å². The van der Waals surface area contributed by atoms with Gasteiger partial charge in [0.15, 0.2) is 0 Å². The Morgan fingerprint density at radius 2 is 2.00 bits per heavy atom. The SMILES string of the molecule is COc1ccc(CN(C(=O)C2CN(C(=O)O)C2)c2cnccc2I)cc1. The van der Waals surface area contributed by atoms with E-state index < -0.39 is 6.09 Å². The quantitative estimate of drug-likeness (QED) is 0.685. The first kappa shape index (κ1) is 18.4. The van der Waals surface area contributed by atoms with Gasteiger partial charge in [0, 0.05) is 22.9 Å². The number of halogens is 1. The van der Waals surface area contributed by atoms with E-state index in [1.165, 1.54) is 4.90 Å². The molecule has 3 rings (SSSR count). The van der Waals surface area contributed by atoms with E-state index in [2.05, 4.69) is 27.6 Å². The molecule has 2 aromatic rings. The largest absolute Gasteiger partial charge is 0.497 e. The number of methoxy groups -OCH3 is 1. The molecular weight excluding hydrogens is 449 g/mol. The highest BCUT2D eigenvalue weighted by Gasteiger charge is 2.38. The second-order valence-corrected chi connectivity index (χ2v) is 7.15. The van der Waals surface area contributed by atoms with Gasteiger partial charge in [-0.3, -0.25) is 9.78 Å². The van der Waals surface area contributed by atoms with Gasteiger partial charge in [0.05, 0.1) is 31.5 Å². The zero-order chi connectivity index (χ0) is 18.7. The highest BCUT2D eigenvalue weighted by Crippen LogP contribution is 2.28. The monoisotopic (exact) mass is 467 g/mol. The first-order valence-corrected chi connectivity index (χ1v) is 9.09. The molecule has 1 N–H and O–H groups in total. The minimum absolute atomic E-state index is 0.0933. The summed E-state index contributed by atoms with van der Waals surface area (Å²) in [7, 11) is 1.60. The zero-order valence-corrected chi connectivity index (χ0v) is 16.3. The first-order valence-electron chi connectivity index (χ1n) is 8.01. The molecule has 1 aromatic heterocycles. The minimum Gasteiger partial charge on any atom is -0.497 e. The van der Waals surface area contributed by atoms with Crippen molar-refractivity contribution in [1.29, 1.82) is 0 Å². The van der Waals surface area contributed by atoms with Crippen molar-refractivity contribution in [3.05, 3.63) is 51.9 Å². The van der Waals surface area contributed by atoms with Crippen LogP contribution < -0.4 is 9.64 Å². The predicted octanol–water partition coefficient (Wildman–Crippen LogP) is 2.84. The second kappa shape index (κ2) is 7.90. The number of ether oxygens (including phenoxy) is 1. The second-order valence-electron chi connectivity index (χ2n) is 5.98. The van der Waals surface area contributed by atoms with Crippen molar-refractivity contribution in [2.45, 2.75) is 6.54 Å². The molecule has 136 valence electrons. The number of hydrogen-bond acceptors (Lipinski definition) is 4. The van der Waals surface area contributed by atoms with Gasteiger partial charge in [0.1, 0.15) is 5.75 Å². The van der Waals surface area contributed by atoms with Crippen molar-refractivity contribution in [2.24, 2.45) is 5.92 Å². The smallest absolute Gasteiger partial charge is 0.407 e. The molecule has 26 heavy (non-hydrogen) atoms. The van der Waals surface area contributed by atoms with Crippen molar-refractivity contribution in [3.63, 3.8) is 0 Å². The summed E-state index contributed by atoms with van der Waals surface area (Å²) in [5.74, 6) is 0.322. The molecule has 7 nitrogen and oxygen atoms in total. The molecule has 2 amide bonds. The third-order valence-corrected chi connectivity index (χ3v) is 5.22. The number of carbonyl (C=O) groups excluding carboxylic acids is 1. The molecular formula is C18H18IN3O4. The lowest BCUT2D eigenvalue weighted by Crippen LogP contribution is -2.56. The fourth-order valence-corrected chi connectivity index (χ4v) is 3.37. The van der Waals surface area contributed by atoms with Crippen molar-refractivity contribution < 1.29 is 19.4 Å². The van der Waals surface area contributed by atoms with Crippen molar-refractivity contribution >= 4 is 40.3 Å². The van der Waals surface area contributed by atoms with Gasteiger partial charge < -0.3 is 19.6 Å². The normalized spacial score (nSPS) is 13.8. The van der Waals surface area contributed by atoms with Gasteiger partial charge >= 0.3 is 6.09 Å². The summed E-state index contributed by atoms with van der Waals surface area (Å²) in [6.07, 6.45) is 2.35. The number of pyridine rings is 1. The number of rotatable bonds is 5. The molecule has 0 saturated carbocycles. The zero-order valence-electron chi connectivity index (χ0n) is 14.1. The number of anilines is 1. The minimum atomic E-state index is -0.994. The third-order valence-electron chi connectivity index (χ3n) is 4.31. The average molecular weight is 467 g/mol. The van der Waals surface area contributed by atoms with Crippen LogP contribution in [0.15, 0.2) is 42.7 Å². The average Bonchev–Trinajstić information content (AvgIpc) is 2.59. The van der Waals surface area contributed by atoms with Gasteiger partial charge in [-0.1, -0.05) is 12.1 Å². The molecule has 1 aromatic carbocycles. The molecule has 0 aliphatic carbocycles. The Labute approximate surface area is 164 Å². The Bertz CT molecular complexity index is 806. The number of benzene rings is 1. The summed E-state index contributed by atoms with van der Waals surface area (Å²) in [6.45, 7) is 0.836. The van der Waals surface area contributed by atoms with E-state index >= 15 is 0 Å². The summed E-state index contributed by atoms with van der Waals surface area (Å²) in [6, 6.07) is 9.36. The van der Waals surface area contributed by atoms with E-state index in [1.807, 2.05) is 30.3 Å². The van der Waals surface area contributed by atoms with Crippen molar-refractivity contribution in [3.8, 4) is 5.75 Å². The maximum absolute atomic E-state index is 13.0. The molecule has 0 spiro atoms. The van der Waals surface area contributed by atoms with Crippen LogP contribution >= 0.6 is 22.6 Å².